The molecule has 2 atom stereocenters. The Labute approximate surface area is 178 Å². The SMILES string of the molecule is CCNC(=O)N1CCC[C@@H](NS(C)(=O)=O)[C@H]1Cc1cccc(Oc2ccccc2)c1. The minimum Gasteiger partial charge on any atom is -0.457 e. The van der Waals surface area contributed by atoms with Gasteiger partial charge in [0, 0.05) is 19.1 Å². The summed E-state index contributed by atoms with van der Waals surface area (Å²) in [5.74, 6) is 1.44. The van der Waals surface area contributed by atoms with Crippen molar-refractivity contribution in [2.45, 2.75) is 38.3 Å². The zero-order chi connectivity index (χ0) is 21.6. The van der Waals surface area contributed by atoms with Crippen molar-refractivity contribution < 1.29 is 17.9 Å². The lowest BCUT2D eigenvalue weighted by molar-refractivity contribution is 0.134. The molecule has 0 unspecified atom stereocenters. The van der Waals surface area contributed by atoms with Crippen LogP contribution in [0.15, 0.2) is 54.6 Å². The van der Waals surface area contributed by atoms with Gasteiger partial charge in [-0.15, -0.1) is 0 Å². The van der Waals surface area contributed by atoms with Crippen molar-refractivity contribution in [3.63, 3.8) is 0 Å². The molecule has 0 aliphatic carbocycles. The molecule has 1 heterocycles. The van der Waals surface area contributed by atoms with E-state index in [1.807, 2.05) is 61.5 Å². The Bertz CT molecular complexity index is 950. The summed E-state index contributed by atoms with van der Waals surface area (Å²) < 4.78 is 32.5. The smallest absolute Gasteiger partial charge is 0.317 e. The summed E-state index contributed by atoms with van der Waals surface area (Å²) in [4.78, 5) is 14.4. The van der Waals surface area contributed by atoms with Crippen molar-refractivity contribution >= 4 is 16.1 Å². The van der Waals surface area contributed by atoms with Gasteiger partial charge in [-0.05, 0) is 56.0 Å². The summed E-state index contributed by atoms with van der Waals surface area (Å²) in [6.45, 7) is 2.98. The molecule has 2 amide bonds. The topological polar surface area (TPSA) is 87.7 Å². The fourth-order valence-electron chi connectivity index (χ4n) is 3.83. The van der Waals surface area contributed by atoms with Gasteiger partial charge in [-0.1, -0.05) is 30.3 Å². The first-order chi connectivity index (χ1) is 14.4. The predicted molar refractivity (Wildman–Crippen MR) is 117 cm³/mol. The van der Waals surface area contributed by atoms with Crippen molar-refractivity contribution in [3.8, 4) is 11.5 Å². The molecule has 162 valence electrons. The number of nitrogens with zero attached hydrogens (tertiary/aromatic N) is 1. The van der Waals surface area contributed by atoms with Crippen LogP contribution in [0.4, 0.5) is 4.79 Å². The van der Waals surface area contributed by atoms with Crippen molar-refractivity contribution in [1.82, 2.24) is 14.9 Å². The van der Waals surface area contributed by atoms with Crippen LogP contribution in [0.3, 0.4) is 0 Å². The van der Waals surface area contributed by atoms with E-state index >= 15 is 0 Å². The fraction of sp³-hybridized carbons (Fsp3) is 0.409. The van der Waals surface area contributed by atoms with Crippen LogP contribution >= 0.6 is 0 Å². The molecule has 3 rings (SSSR count). The first-order valence-corrected chi connectivity index (χ1v) is 12.1. The highest BCUT2D eigenvalue weighted by molar-refractivity contribution is 7.88. The molecule has 1 saturated heterocycles. The van der Waals surface area contributed by atoms with Crippen LogP contribution < -0.4 is 14.8 Å². The molecule has 0 aromatic heterocycles. The number of nitrogens with one attached hydrogen (secondary N) is 2. The van der Waals surface area contributed by atoms with Crippen LogP contribution in [0, 0.1) is 0 Å². The zero-order valence-corrected chi connectivity index (χ0v) is 18.2. The number of rotatable bonds is 7. The number of carbonyl (C=O) groups is 1. The lowest BCUT2D eigenvalue weighted by atomic mass is 9.91. The monoisotopic (exact) mass is 431 g/mol. The van der Waals surface area contributed by atoms with Crippen molar-refractivity contribution in [2.24, 2.45) is 0 Å². The quantitative estimate of drug-likeness (QED) is 0.705. The zero-order valence-electron chi connectivity index (χ0n) is 17.4. The van der Waals surface area contributed by atoms with E-state index in [1.165, 1.54) is 0 Å². The number of likely N-dealkylation sites (tertiary alicyclic amines) is 1. The fourth-order valence-corrected chi connectivity index (χ4v) is 4.65. The number of piperidine rings is 1. The summed E-state index contributed by atoms with van der Waals surface area (Å²) >= 11 is 0. The van der Waals surface area contributed by atoms with Crippen molar-refractivity contribution in [1.29, 1.82) is 0 Å². The van der Waals surface area contributed by atoms with E-state index in [-0.39, 0.29) is 18.1 Å². The number of sulfonamides is 1. The average molecular weight is 432 g/mol. The molecule has 0 spiro atoms. The number of hydrogen-bond donors (Lipinski definition) is 2. The number of carbonyl (C=O) groups excluding carboxylic acids is 1. The van der Waals surface area contributed by atoms with Crippen LogP contribution in [0.1, 0.15) is 25.3 Å². The van der Waals surface area contributed by atoms with Gasteiger partial charge in [-0.3, -0.25) is 0 Å². The Morgan fingerprint density at radius 1 is 1.13 bits per heavy atom. The molecular formula is C22H29N3O4S. The summed E-state index contributed by atoms with van der Waals surface area (Å²) in [7, 11) is -3.39. The van der Waals surface area contributed by atoms with E-state index < -0.39 is 10.0 Å². The minimum atomic E-state index is -3.39. The molecule has 2 aromatic carbocycles. The second kappa shape index (κ2) is 9.95. The molecule has 1 aliphatic rings. The third kappa shape index (κ3) is 6.21. The molecule has 2 N–H and O–H groups in total. The van der Waals surface area contributed by atoms with Crippen LogP contribution in [0.2, 0.25) is 0 Å². The van der Waals surface area contributed by atoms with Gasteiger partial charge in [0.05, 0.1) is 12.3 Å². The average Bonchev–Trinajstić information content (AvgIpc) is 2.69. The highest BCUT2D eigenvalue weighted by Crippen LogP contribution is 2.26. The molecule has 0 bridgehead atoms. The van der Waals surface area contributed by atoms with Crippen molar-refractivity contribution in [2.75, 3.05) is 19.3 Å². The molecule has 1 fully saturated rings. The Kier molecular flexibility index (Phi) is 7.33. The summed E-state index contributed by atoms with van der Waals surface area (Å²) in [5, 5.41) is 2.84. The number of amides is 2. The maximum Gasteiger partial charge on any atom is 0.317 e. The molecular weight excluding hydrogens is 402 g/mol. The number of ether oxygens (including phenoxy) is 1. The van der Waals surface area contributed by atoms with Gasteiger partial charge in [-0.25, -0.2) is 17.9 Å². The molecule has 0 saturated carbocycles. The molecule has 8 heteroatoms. The van der Waals surface area contributed by atoms with Crippen LogP contribution in [0.5, 0.6) is 11.5 Å². The number of hydrogen-bond acceptors (Lipinski definition) is 4. The van der Waals surface area contributed by atoms with Crippen LogP contribution in [0.25, 0.3) is 0 Å². The third-order valence-corrected chi connectivity index (χ3v) is 5.79. The first kappa shape index (κ1) is 22.1. The number of benzene rings is 2. The molecule has 30 heavy (non-hydrogen) atoms. The van der Waals surface area contributed by atoms with Gasteiger partial charge < -0.3 is 15.0 Å². The Morgan fingerprint density at radius 2 is 1.87 bits per heavy atom. The maximum atomic E-state index is 12.6. The Hall–Kier alpha value is -2.58. The van der Waals surface area contributed by atoms with Gasteiger partial charge in [0.2, 0.25) is 10.0 Å². The summed E-state index contributed by atoms with van der Waals surface area (Å²) in [6.07, 6.45) is 3.12. The normalized spacial score (nSPS) is 19.3. The van der Waals surface area contributed by atoms with Gasteiger partial charge in [0.25, 0.3) is 0 Å². The highest BCUT2D eigenvalue weighted by Gasteiger charge is 2.35. The minimum absolute atomic E-state index is 0.167. The van der Waals surface area contributed by atoms with Gasteiger partial charge in [0.1, 0.15) is 11.5 Å². The standard InChI is InChI=1S/C22H29N3O4S/c1-3-23-22(26)25-14-8-13-20(24-30(2,27)28)21(25)16-17-9-7-12-19(15-17)29-18-10-5-4-6-11-18/h4-7,9-12,15,20-21,24H,3,8,13-14,16H2,1-2H3,(H,23,26)/t20-,21-/m1/s1. The van der Waals surface area contributed by atoms with Gasteiger partial charge in [-0.2, -0.15) is 0 Å². The van der Waals surface area contributed by atoms with Gasteiger partial charge in [0.15, 0.2) is 0 Å². The number of para-hydroxylation sites is 1. The third-order valence-electron chi connectivity index (χ3n) is 5.06. The van der Waals surface area contributed by atoms with E-state index in [1.54, 1.807) is 4.90 Å². The lowest BCUT2D eigenvalue weighted by Gasteiger charge is -2.41. The lowest BCUT2D eigenvalue weighted by Crippen LogP contribution is -2.59. The molecule has 2 aromatic rings. The van der Waals surface area contributed by atoms with Crippen molar-refractivity contribution in [3.05, 3.63) is 60.2 Å². The molecule has 0 radical (unpaired) electrons. The van der Waals surface area contributed by atoms with Crippen LogP contribution in [-0.4, -0.2) is 50.8 Å². The summed E-state index contributed by atoms with van der Waals surface area (Å²) in [5.41, 5.74) is 0.977. The summed E-state index contributed by atoms with van der Waals surface area (Å²) in [6, 6.07) is 16.4. The van der Waals surface area contributed by atoms with E-state index in [0.29, 0.717) is 31.7 Å². The second-order valence-electron chi connectivity index (χ2n) is 7.50. The molecule has 1 aliphatic heterocycles. The van der Waals surface area contributed by atoms with E-state index in [2.05, 4.69) is 10.0 Å². The Balaban J connectivity index is 1.83. The van der Waals surface area contributed by atoms with Crippen LogP contribution in [-0.2, 0) is 16.4 Å². The largest absolute Gasteiger partial charge is 0.457 e. The molecule has 7 nitrogen and oxygen atoms in total. The van der Waals surface area contributed by atoms with Gasteiger partial charge >= 0.3 is 6.03 Å². The second-order valence-corrected chi connectivity index (χ2v) is 9.28. The van der Waals surface area contributed by atoms with E-state index in [0.717, 1.165) is 24.0 Å². The predicted octanol–water partition coefficient (Wildman–Crippen LogP) is 3.13. The Morgan fingerprint density at radius 3 is 2.57 bits per heavy atom. The first-order valence-electron chi connectivity index (χ1n) is 10.2. The van der Waals surface area contributed by atoms with E-state index in [4.69, 9.17) is 4.74 Å². The highest BCUT2D eigenvalue weighted by atomic mass is 32.2. The van der Waals surface area contributed by atoms with E-state index in [9.17, 15) is 13.2 Å². The maximum absolute atomic E-state index is 12.6. The number of urea groups is 1.